The van der Waals surface area contributed by atoms with Crippen LogP contribution in [0, 0.1) is 0 Å². The number of fused-ring (bicyclic) bond motifs is 1. The van der Waals surface area contributed by atoms with E-state index in [9.17, 15) is 4.79 Å². The molecule has 3 heterocycles. The lowest BCUT2D eigenvalue weighted by atomic mass is 10.2. The molecule has 0 aliphatic carbocycles. The van der Waals surface area contributed by atoms with Crippen LogP contribution in [0.1, 0.15) is 19.8 Å². The van der Waals surface area contributed by atoms with Crippen LogP contribution in [0.4, 0.5) is 10.5 Å². The van der Waals surface area contributed by atoms with Gasteiger partial charge in [0.1, 0.15) is 5.65 Å². The number of likely N-dealkylation sites (tertiary alicyclic amines) is 1. The summed E-state index contributed by atoms with van der Waals surface area (Å²) >= 11 is 6.26. The topological polar surface area (TPSA) is 70.2 Å². The molecule has 2 aromatic rings. The summed E-state index contributed by atoms with van der Waals surface area (Å²) in [4.78, 5) is 20.9. The van der Waals surface area contributed by atoms with Gasteiger partial charge < -0.3 is 19.9 Å². The maximum Gasteiger partial charge on any atom is 0.409 e. The fourth-order valence-electron chi connectivity index (χ4n) is 2.66. The van der Waals surface area contributed by atoms with E-state index in [0.717, 1.165) is 29.6 Å². The van der Waals surface area contributed by atoms with Crippen molar-refractivity contribution in [1.29, 1.82) is 0 Å². The average molecular weight is 323 g/mol. The number of aromatic amines is 1. The largest absolute Gasteiger partial charge is 0.449 e. The molecule has 1 fully saturated rings. The SMILES string of the molecule is CCCOC(=O)N1CC[C@H](Nc2c(Cl)cnc3[nH]ccc23)C1. The summed E-state index contributed by atoms with van der Waals surface area (Å²) in [6, 6.07) is 2.10. The number of carbonyl (C=O) groups is 1. The molecule has 2 N–H and O–H groups in total. The van der Waals surface area contributed by atoms with Gasteiger partial charge in [-0.2, -0.15) is 0 Å². The zero-order valence-corrected chi connectivity index (χ0v) is 13.2. The fraction of sp³-hybridized carbons (Fsp3) is 0.467. The van der Waals surface area contributed by atoms with Crippen LogP contribution in [0.15, 0.2) is 18.5 Å². The number of hydrogen-bond acceptors (Lipinski definition) is 4. The number of nitrogens with zero attached hydrogens (tertiary/aromatic N) is 2. The Kier molecular flexibility index (Phi) is 4.38. The van der Waals surface area contributed by atoms with Gasteiger partial charge in [-0.1, -0.05) is 18.5 Å². The molecule has 7 heteroatoms. The van der Waals surface area contributed by atoms with Crippen LogP contribution in [0.3, 0.4) is 0 Å². The molecule has 0 radical (unpaired) electrons. The van der Waals surface area contributed by atoms with Crippen LogP contribution < -0.4 is 5.32 Å². The molecule has 0 bridgehead atoms. The number of amides is 1. The minimum atomic E-state index is -0.237. The minimum Gasteiger partial charge on any atom is -0.449 e. The molecular formula is C15H19ClN4O2. The lowest BCUT2D eigenvalue weighted by Crippen LogP contribution is -2.32. The Bertz CT molecular complexity index is 673. The van der Waals surface area contributed by atoms with E-state index >= 15 is 0 Å². The van der Waals surface area contributed by atoms with Crippen molar-refractivity contribution in [3.8, 4) is 0 Å². The van der Waals surface area contributed by atoms with Crippen LogP contribution in [0.2, 0.25) is 5.02 Å². The van der Waals surface area contributed by atoms with Crippen LogP contribution >= 0.6 is 11.6 Å². The number of aromatic nitrogens is 2. The second-order valence-corrected chi connectivity index (χ2v) is 5.82. The standard InChI is InChI=1S/C15H19ClN4O2/c1-2-7-22-15(21)20-6-4-10(9-20)19-13-11-3-5-17-14(11)18-8-12(13)16/h3,5,8,10H,2,4,6-7,9H2,1H3,(H2,17,18,19)/t10-/m0/s1. The molecule has 1 aliphatic rings. The van der Waals surface area contributed by atoms with Gasteiger partial charge in [0.25, 0.3) is 0 Å². The molecular weight excluding hydrogens is 304 g/mol. The summed E-state index contributed by atoms with van der Waals surface area (Å²) in [6.45, 7) is 3.76. The molecule has 3 rings (SSSR count). The average Bonchev–Trinajstić information content (AvgIpc) is 3.16. The number of ether oxygens (including phenoxy) is 1. The highest BCUT2D eigenvalue weighted by molar-refractivity contribution is 6.34. The highest BCUT2D eigenvalue weighted by Crippen LogP contribution is 2.30. The second kappa shape index (κ2) is 6.44. The van der Waals surface area contributed by atoms with Gasteiger partial charge in [0, 0.05) is 30.7 Å². The molecule has 2 aromatic heterocycles. The summed E-state index contributed by atoms with van der Waals surface area (Å²) in [7, 11) is 0. The second-order valence-electron chi connectivity index (χ2n) is 5.41. The molecule has 1 aliphatic heterocycles. The first-order chi connectivity index (χ1) is 10.7. The molecule has 0 saturated carbocycles. The Morgan fingerprint density at radius 2 is 2.50 bits per heavy atom. The molecule has 0 aromatic carbocycles. The Balaban J connectivity index is 1.68. The van der Waals surface area contributed by atoms with Crippen molar-refractivity contribution >= 4 is 34.4 Å². The van der Waals surface area contributed by atoms with Crippen molar-refractivity contribution in [2.24, 2.45) is 0 Å². The number of carbonyl (C=O) groups excluding carboxylic acids is 1. The predicted octanol–water partition coefficient (Wildman–Crippen LogP) is 3.25. The summed E-state index contributed by atoms with van der Waals surface area (Å²) < 4.78 is 5.17. The minimum absolute atomic E-state index is 0.159. The van der Waals surface area contributed by atoms with Crippen molar-refractivity contribution in [2.45, 2.75) is 25.8 Å². The lowest BCUT2D eigenvalue weighted by Gasteiger charge is -2.18. The lowest BCUT2D eigenvalue weighted by molar-refractivity contribution is 0.110. The van der Waals surface area contributed by atoms with Crippen LogP contribution in [0.25, 0.3) is 11.0 Å². The van der Waals surface area contributed by atoms with E-state index in [1.807, 2.05) is 19.2 Å². The molecule has 1 atom stereocenters. The summed E-state index contributed by atoms with van der Waals surface area (Å²) in [6.07, 6.45) is 4.93. The van der Waals surface area contributed by atoms with E-state index in [2.05, 4.69) is 15.3 Å². The number of pyridine rings is 1. The van der Waals surface area contributed by atoms with E-state index in [4.69, 9.17) is 16.3 Å². The molecule has 1 amide bonds. The number of H-pyrrole nitrogens is 1. The molecule has 1 saturated heterocycles. The third kappa shape index (κ3) is 2.97. The zero-order chi connectivity index (χ0) is 15.5. The van der Waals surface area contributed by atoms with Crippen molar-refractivity contribution in [3.63, 3.8) is 0 Å². The van der Waals surface area contributed by atoms with E-state index < -0.39 is 0 Å². The molecule has 6 nitrogen and oxygen atoms in total. The van der Waals surface area contributed by atoms with Gasteiger partial charge in [-0.3, -0.25) is 0 Å². The van der Waals surface area contributed by atoms with Gasteiger partial charge in [0.15, 0.2) is 0 Å². The molecule has 0 spiro atoms. The third-order valence-corrected chi connectivity index (χ3v) is 4.05. The summed E-state index contributed by atoms with van der Waals surface area (Å²) in [5.74, 6) is 0. The number of rotatable bonds is 4. The Morgan fingerprint density at radius 3 is 3.32 bits per heavy atom. The van der Waals surface area contributed by atoms with Gasteiger partial charge in [-0.05, 0) is 18.9 Å². The number of nitrogens with one attached hydrogen (secondary N) is 2. The summed E-state index contributed by atoms with van der Waals surface area (Å²) in [5.41, 5.74) is 1.66. The van der Waals surface area contributed by atoms with Crippen LogP contribution in [0.5, 0.6) is 0 Å². The monoisotopic (exact) mass is 322 g/mol. The number of hydrogen-bond donors (Lipinski definition) is 2. The third-order valence-electron chi connectivity index (χ3n) is 3.76. The van der Waals surface area contributed by atoms with Gasteiger partial charge in [-0.25, -0.2) is 9.78 Å². The van der Waals surface area contributed by atoms with Crippen LogP contribution in [-0.4, -0.2) is 46.7 Å². The van der Waals surface area contributed by atoms with E-state index in [1.54, 1.807) is 11.1 Å². The highest BCUT2D eigenvalue weighted by atomic mass is 35.5. The first-order valence-electron chi connectivity index (χ1n) is 7.49. The van der Waals surface area contributed by atoms with Crippen molar-refractivity contribution < 1.29 is 9.53 Å². The Hall–Kier alpha value is -1.95. The first-order valence-corrected chi connectivity index (χ1v) is 7.86. The van der Waals surface area contributed by atoms with Crippen LogP contribution in [-0.2, 0) is 4.74 Å². The van der Waals surface area contributed by atoms with Gasteiger partial charge in [0.05, 0.1) is 23.5 Å². The van der Waals surface area contributed by atoms with E-state index in [0.29, 0.717) is 24.7 Å². The Morgan fingerprint density at radius 1 is 1.64 bits per heavy atom. The fourth-order valence-corrected chi connectivity index (χ4v) is 2.86. The molecule has 118 valence electrons. The maximum atomic E-state index is 11.9. The zero-order valence-electron chi connectivity index (χ0n) is 12.4. The Labute approximate surface area is 133 Å². The van der Waals surface area contributed by atoms with E-state index in [-0.39, 0.29) is 12.1 Å². The maximum absolute atomic E-state index is 11.9. The van der Waals surface area contributed by atoms with Crippen molar-refractivity contribution in [3.05, 3.63) is 23.5 Å². The quantitative estimate of drug-likeness (QED) is 0.906. The normalized spacial score (nSPS) is 17.9. The van der Waals surface area contributed by atoms with Gasteiger partial charge in [-0.15, -0.1) is 0 Å². The van der Waals surface area contributed by atoms with Gasteiger partial charge >= 0.3 is 6.09 Å². The molecule has 0 unspecified atom stereocenters. The summed E-state index contributed by atoms with van der Waals surface area (Å²) in [5, 5.41) is 4.98. The number of anilines is 1. The smallest absolute Gasteiger partial charge is 0.409 e. The van der Waals surface area contributed by atoms with Crippen molar-refractivity contribution in [2.75, 3.05) is 25.0 Å². The molecule has 22 heavy (non-hydrogen) atoms. The first kappa shape index (κ1) is 15.0. The van der Waals surface area contributed by atoms with Gasteiger partial charge in [0.2, 0.25) is 0 Å². The van der Waals surface area contributed by atoms with Crippen molar-refractivity contribution in [1.82, 2.24) is 14.9 Å². The van der Waals surface area contributed by atoms with E-state index in [1.165, 1.54) is 0 Å². The highest BCUT2D eigenvalue weighted by Gasteiger charge is 2.28. The predicted molar refractivity (Wildman–Crippen MR) is 86.3 cm³/mol. The number of halogens is 1.